The number of carbonyl (C=O) groups excluding carboxylic acids is 1. The van der Waals surface area contributed by atoms with Crippen LogP contribution in [0.15, 0.2) is 52.3 Å². The van der Waals surface area contributed by atoms with E-state index < -0.39 is 25.8 Å². The second-order valence-corrected chi connectivity index (χ2v) is 9.01. The summed E-state index contributed by atoms with van der Waals surface area (Å²) in [5.41, 5.74) is 5.23. The first-order valence-electron chi connectivity index (χ1n) is 6.43. The normalized spacial score (nSPS) is 11.9. The highest BCUT2D eigenvalue weighted by Gasteiger charge is 2.17. The minimum atomic E-state index is -3.97. The Morgan fingerprint density at radius 2 is 1.54 bits per heavy atom. The van der Waals surface area contributed by atoms with E-state index in [1.54, 1.807) is 0 Å². The van der Waals surface area contributed by atoms with Gasteiger partial charge < -0.3 is 5.73 Å². The van der Waals surface area contributed by atoms with Crippen molar-refractivity contribution in [3.05, 3.63) is 53.1 Å². The lowest BCUT2D eigenvalue weighted by atomic mass is 10.2. The number of anilines is 1. The Morgan fingerprint density at radius 1 is 1.00 bits per heavy atom. The zero-order chi connectivity index (χ0) is 18.1. The number of primary amides is 1. The highest BCUT2D eigenvalue weighted by Crippen LogP contribution is 2.23. The molecule has 0 aliphatic carbocycles. The maximum absolute atomic E-state index is 12.3. The smallest absolute Gasteiger partial charge is 0.261 e. The van der Waals surface area contributed by atoms with Crippen molar-refractivity contribution < 1.29 is 21.6 Å². The van der Waals surface area contributed by atoms with Crippen LogP contribution in [0.25, 0.3) is 0 Å². The molecule has 2 aromatic carbocycles. The summed E-state index contributed by atoms with van der Waals surface area (Å²) in [5.74, 6) is -0.793. The standard InChI is InChI=1S/C14H13ClN2O5S2/c1-23(19,20)10-3-5-11(6-4-10)24(21,22)17-9-2-7-13(15)12(8-9)14(16)18/h2-8,17H,1H3,(H2,16,18). The Morgan fingerprint density at radius 3 is 2.04 bits per heavy atom. The molecule has 1 amide bonds. The van der Waals surface area contributed by atoms with E-state index in [1.165, 1.54) is 42.5 Å². The fraction of sp³-hybridized carbons (Fsp3) is 0.0714. The van der Waals surface area contributed by atoms with E-state index in [-0.39, 0.29) is 26.1 Å². The quantitative estimate of drug-likeness (QED) is 0.805. The van der Waals surface area contributed by atoms with Crippen LogP contribution in [-0.2, 0) is 19.9 Å². The first kappa shape index (κ1) is 18.2. The van der Waals surface area contributed by atoms with E-state index in [0.717, 1.165) is 6.26 Å². The lowest BCUT2D eigenvalue weighted by Gasteiger charge is -2.10. The Bertz CT molecular complexity index is 1000. The van der Waals surface area contributed by atoms with Gasteiger partial charge in [-0.1, -0.05) is 11.6 Å². The van der Waals surface area contributed by atoms with Crippen LogP contribution in [0.3, 0.4) is 0 Å². The first-order valence-corrected chi connectivity index (χ1v) is 10.2. The molecule has 128 valence electrons. The SMILES string of the molecule is CS(=O)(=O)c1ccc(S(=O)(=O)Nc2ccc(Cl)c(C(N)=O)c2)cc1. The summed E-state index contributed by atoms with van der Waals surface area (Å²) in [4.78, 5) is 11.1. The Labute approximate surface area is 144 Å². The summed E-state index contributed by atoms with van der Waals surface area (Å²) >= 11 is 5.80. The average Bonchev–Trinajstić information content (AvgIpc) is 2.48. The van der Waals surface area contributed by atoms with E-state index >= 15 is 0 Å². The molecule has 0 aliphatic rings. The van der Waals surface area contributed by atoms with Gasteiger partial charge in [0.25, 0.3) is 10.0 Å². The van der Waals surface area contributed by atoms with Crippen LogP contribution in [-0.4, -0.2) is 29.0 Å². The largest absolute Gasteiger partial charge is 0.366 e. The molecule has 0 saturated heterocycles. The first-order chi connectivity index (χ1) is 11.0. The summed E-state index contributed by atoms with van der Waals surface area (Å²) in [6, 6.07) is 8.66. The molecule has 0 unspecified atom stereocenters. The van der Waals surface area contributed by atoms with Gasteiger partial charge in [-0.15, -0.1) is 0 Å². The molecular weight excluding hydrogens is 376 g/mol. The van der Waals surface area contributed by atoms with E-state index in [1.807, 2.05) is 0 Å². The fourth-order valence-corrected chi connectivity index (χ4v) is 3.75. The fourth-order valence-electron chi connectivity index (χ4n) is 1.86. The Hall–Kier alpha value is -2.10. The van der Waals surface area contributed by atoms with Crippen LogP contribution >= 0.6 is 11.6 Å². The van der Waals surface area contributed by atoms with Crippen LogP contribution < -0.4 is 10.5 Å². The predicted octanol–water partition coefficient (Wildman–Crippen LogP) is 1.64. The molecule has 24 heavy (non-hydrogen) atoms. The molecule has 0 atom stereocenters. The van der Waals surface area contributed by atoms with Crippen LogP contribution in [0, 0.1) is 0 Å². The van der Waals surface area contributed by atoms with E-state index in [9.17, 15) is 21.6 Å². The lowest BCUT2D eigenvalue weighted by Crippen LogP contribution is -2.15. The zero-order valence-electron chi connectivity index (χ0n) is 12.4. The summed E-state index contributed by atoms with van der Waals surface area (Å²) in [6.07, 6.45) is 1.02. The van der Waals surface area contributed by atoms with Crippen molar-refractivity contribution in [2.75, 3.05) is 11.0 Å². The van der Waals surface area contributed by atoms with Gasteiger partial charge in [0.05, 0.1) is 20.4 Å². The molecule has 0 radical (unpaired) electrons. The molecule has 2 rings (SSSR count). The molecule has 0 aliphatic heterocycles. The average molecular weight is 389 g/mol. The second kappa shape index (κ2) is 6.42. The molecule has 10 heteroatoms. The van der Waals surface area contributed by atoms with Crippen LogP contribution in [0.4, 0.5) is 5.69 Å². The highest BCUT2D eigenvalue weighted by molar-refractivity contribution is 7.92. The van der Waals surface area contributed by atoms with Crippen molar-refractivity contribution in [2.45, 2.75) is 9.79 Å². The molecule has 2 aromatic rings. The van der Waals surface area contributed by atoms with Crippen molar-refractivity contribution in [2.24, 2.45) is 5.73 Å². The van der Waals surface area contributed by atoms with Gasteiger partial charge in [-0.25, -0.2) is 16.8 Å². The molecule has 7 nitrogen and oxygen atoms in total. The minimum absolute atomic E-state index is 0.00366. The van der Waals surface area contributed by atoms with Gasteiger partial charge in [-0.3, -0.25) is 9.52 Å². The molecule has 0 aromatic heterocycles. The van der Waals surface area contributed by atoms with Gasteiger partial charge in [0.2, 0.25) is 5.91 Å². The number of nitrogens with one attached hydrogen (secondary N) is 1. The van der Waals surface area contributed by atoms with Crippen molar-refractivity contribution >= 4 is 43.1 Å². The molecule has 0 bridgehead atoms. The van der Waals surface area contributed by atoms with Gasteiger partial charge in [-0.2, -0.15) is 0 Å². The van der Waals surface area contributed by atoms with Crippen LogP contribution in [0.5, 0.6) is 0 Å². The van der Waals surface area contributed by atoms with Gasteiger partial charge in [0, 0.05) is 11.9 Å². The number of nitrogens with two attached hydrogens (primary N) is 1. The third-order valence-electron chi connectivity index (χ3n) is 3.05. The number of amides is 1. The summed E-state index contributed by atoms with van der Waals surface area (Å²) in [7, 11) is -7.40. The minimum Gasteiger partial charge on any atom is -0.366 e. The highest BCUT2D eigenvalue weighted by atomic mass is 35.5. The summed E-state index contributed by atoms with van der Waals surface area (Å²) in [6.45, 7) is 0. The monoisotopic (exact) mass is 388 g/mol. The van der Waals surface area contributed by atoms with Gasteiger partial charge >= 0.3 is 0 Å². The number of hydrogen-bond acceptors (Lipinski definition) is 5. The maximum Gasteiger partial charge on any atom is 0.261 e. The maximum atomic E-state index is 12.3. The topological polar surface area (TPSA) is 123 Å². The molecule has 0 heterocycles. The number of sulfone groups is 1. The van der Waals surface area contributed by atoms with Crippen LogP contribution in [0.1, 0.15) is 10.4 Å². The number of sulfonamides is 1. The summed E-state index contributed by atoms with van der Waals surface area (Å²) < 4.78 is 49.7. The molecule has 0 fully saturated rings. The van der Waals surface area contributed by atoms with E-state index in [2.05, 4.69) is 4.72 Å². The van der Waals surface area contributed by atoms with Gasteiger partial charge in [-0.05, 0) is 42.5 Å². The van der Waals surface area contributed by atoms with Gasteiger partial charge in [0.15, 0.2) is 9.84 Å². The van der Waals surface area contributed by atoms with E-state index in [0.29, 0.717) is 0 Å². The van der Waals surface area contributed by atoms with Gasteiger partial charge in [0.1, 0.15) is 0 Å². The molecule has 0 spiro atoms. The molecule has 0 saturated carbocycles. The van der Waals surface area contributed by atoms with Crippen LogP contribution in [0.2, 0.25) is 5.02 Å². The van der Waals surface area contributed by atoms with Crippen molar-refractivity contribution in [3.8, 4) is 0 Å². The zero-order valence-corrected chi connectivity index (χ0v) is 14.7. The van der Waals surface area contributed by atoms with Crippen molar-refractivity contribution in [1.29, 1.82) is 0 Å². The lowest BCUT2D eigenvalue weighted by molar-refractivity contribution is 0.100. The second-order valence-electron chi connectivity index (χ2n) is 4.91. The number of hydrogen-bond donors (Lipinski definition) is 2. The van der Waals surface area contributed by atoms with E-state index in [4.69, 9.17) is 17.3 Å². The number of rotatable bonds is 5. The van der Waals surface area contributed by atoms with Crippen molar-refractivity contribution in [3.63, 3.8) is 0 Å². The molecule has 3 N–H and O–H groups in total. The molecular formula is C14H13ClN2O5S2. The van der Waals surface area contributed by atoms with Crippen molar-refractivity contribution in [1.82, 2.24) is 0 Å². The third kappa shape index (κ3) is 4.05. The Balaban J connectivity index is 2.35. The predicted molar refractivity (Wildman–Crippen MR) is 90.3 cm³/mol. The number of halogens is 1. The Kier molecular flexibility index (Phi) is 4.88. The number of carbonyl (C=O) groups is 1. The third-order valence-corrected chi connectivity index (χ3v) is 5.90. The number of benzene rings is 2. The summed E-state index contributed by atoms with van der Waals surface area (Å²) in [5, 5.41) is 0.1000.